The molecule has 8 heteroatoms. The minimum atomic E-state index is -0.234. The van der Waals surface area contributed by atoms with Gasteiger partial charge in [-0.25, -0.2) is 0 Å². The molecule has 1 aromatic carbocycles. The second-order valence-corrected chi connectivity index (χ2v) is 5.47. The minimum absolute atomic E-state index is 0.234. The summed E-state index contributed by atoms with van der Waals surface area (Å²) >= 11 is 0. The highest BCUT2D eigenvalue weighted by Crippen LogP contribution is 2.28. The monoisotopic (exact) mass is 353 g/mol. The first kappa shape index (κ1) is 17.4. The highest BCUT2D eigenvalue weighted by Gasteiger charge is 2.15. The number of aromatic nitrogens is 4. The molecule has 0 fully saturated rings. The smallest absolute Gasteiger partial charge is 0.246 e. The molecule has 0 unspecified atom stereocenters. The van der Waals surface area contributed by atoms with Crippen molar-refractivity contribution in [1.82, 2.24) is 19.7 Å². The van der Waals surface area contributed by atoms with Gasteiger partial charge >= 0.3 is 0 Å². The molecule has 26 heavy (non-hydrogen) atoms. The number of anilines is 1. The Labute approximate surface area is 150 Å². The van der Waals surface area contributed by atoms with Gasteiger partial charge in [-0.15, -0.1) is 5.10 Å². The predicted octanol–water partition coefficient (Wildman–Crippen LogP) is 2.63. The van der Waals surface area contributed by atoms with E-state index in [0.717, 1.165) is 11.1 Å². The Bertz CT molecular complexity index is 908. The number of hydrogen-bond donors (Lipinski definition) is 1. The molecule has 0 bridgehead atoms. The number of ether oxygens (including phenoxy) is 2. The molecule has 0 saturated carbocycles. The van der Waals surface area contributed by atoms with Crippen molar-refractivity contribution >= 4 is 11.9 Å². The van der Waals surface area contributed by atoms with Crippen molar-refractivity contribution in [2.24, 2.45) is 0 Å². The van der Waals surface area contributed by atoms with E-state index >= 15 is 0 Å². The van der Waals surface area contributed by atoms with Gasteiger partial charge < -0.3 is 14.8 Å². The number of methoxy groups -OCH3 is 2. The molecule has 0 aliphatic heterocycles. The summed E-state index contributed by atoms with van der Waals surface area (Å²) in [7, 11) is 3.17. The molecule has 0 aliphatic carbocycles. The summed E-state index contributed by atoms with van der Waals surface area (Å²) < 4.78 is 11.8. The average molecular weight is 353 g/mol. The number of rotatable bonds is 6. The lowest BCUT2D eigenvalue weighted by atomic mass is 10.2. The second kappa shape index (κ2) is 7.64. The van der Waals surface area contributed by atoms with Gasteiger partial charge in [0.15, 0.2) is 17.3 Å². The maximum atomic E-state index is 11.9. The zero-order chi connectivity index (χ0) is 18.5. The van der Waals surface area contributed by atoms with Gasteiger partial charge in [-0.2, -0.15) is 9.67 Å². The molecule has 3 rings (SSSR count). The molecular formula is C18H19N5O3. The summed E-state index contributed by atoms with van der Waals surface area (Å²) in [6.07, 6.45) is 3.32. The first-order valence-electron chi connectivity index (χ1n) is 7.95. The van der Waals surface area contributed by atoms with E-state index in [4.69, 9.17) is 9.47 Å². The summed E-state index contributed by atoms with van der Waals surface area (Å²) in [5, 5.41) is 7.40. The van der Waals surface area contributed by atoms with Gasteiger partial charge in [0.05, 0.1) is 14.2 Å². The third-order valence-corrected chi connectivity index (χ3v) is 3.72. The second-order valence-electron chi connectivity index (χ2n) is 5.47. The van der Waals surface area contributed by atoms with Gasteiger partial charge in [0, 0.05) is 31.4 Å². The third-order valence-electron chi connectivity index (χ3n) is 3.72. The van der Waals surface area contributed by atoms with Crippen molar-refractivity contribution in [2.45, 2.75) is 13.5 Å². The number of pyridine rings is 1. The zero-order valence-electron chi connectivity index (χ0n) is 14.8. The molecule has 2 aromatic heterocycles. The van der Waals surface area contributed by atoms with Gasteiger partial charge in [-0.05, 0) is 29.8 Å². The van der Waals surface area contributed by atoms with Crippen LogP contribution >= 0.6 is 0 Å². The summed E-state index contributed by atoms with van der Waals surface area (Å²) in [5.74, 6) is 1.86. The van der Waals surface area contributed by atoms with Crippen LogP contribution in [0.15, 0.2) is 42.7 Å². The van der Waals surface area contributed by atoms with E-state index in [1.807, 2.05) is 24.3 Å². The van der Waals surface area contributed by atoms with Gasteiger partial charge in [-0.1, -0.05) is 6.07 Å². The fourth-order valence-electron chi connectivity index (χ4n) is 2.44. The molecule has 1 N–H and O–H groups in total. The first-order valence-corrected chi connectivity index (χ1v) is 7.95. The summed E-state index contributed by atoms with van der Waals surface area (Å²) in [4.78, 5) is 20.3. The van der Waals surface area contributed by atoms with Crippen LogP contribution < -0.4 is 14.8 Å². The molecule has 0 amide bonds. The van der Waals surface area contributed by atoms with E-state index < -0.39 is 0 Å². The topological polar surface area (TPSA) is 91.2 Å². The van der Waals surface area contributed by atoms with Crippen LogP contribution in [0.4, 0.5) is 5.95 Å². The predicted molar refractivity (Wildman–Crippen MR) is 96.4 cm³/mol. The van der Waals surface area contributed by atoms with Crippen molar-refractivity contribution in [3.63, 3.8) is 0 Å². The molecule has 0 aliphatic rings. The molecule has 2 heterocycles. The highest BCUT2D eigenvalue weighted by atomic mass is 16.5. The fraction of sp³-hybridized carbons (Fsp3) is 0.222. The molecule has 8 nitrogen and oxygen atoms in total. The summed E-state index contributed by atoms with van der Waals surface area (Å²) in [6.45, 7) is 1.88. The third kappa shape index (κ3) is 3.64. The van der Waals surface area contributed by atoms with Gasteiger partial charge in [0.1, 0.15) is 0 Å². The summed E-state index contributed by atoms with van der Waals surface area (Å²) in [5.41, 5.74) is 1.69. The van der Waals surface area contributed by atoms with Gasteiger partial charge in [0.25, 0.3) is 0 Å². The van der Waals surface area contributed by atoms with Crippen molar-refractivity contribution in [2.75, 3.05) is 19.5 Å². The van der Waals surface area contributed by atoms with Crippen LogP contribution in [0, 0.1) is 0 Å². The Morgan fingerprint density at radius 3 is 2.65 bits per heavy atom. The highest BCUT2D eigenvalue weighted by molar-refractivity contribution is 5.79. The zero-order valence-corrected chi connectivity index (χ0v) is 14.8. The molecule has 134 valence electrons. The lowest BCUT2D eigenvalue weighted by Crippen LogP contribution is -2.13. The number of nitrogens with one attached hydrogen (secondary N) is 1. The van der Waals surface area contributed by atoms with Crippen LogP contribution in [0.2, 0.25) is 0 Å². The van der Waals surface area contributed by atoms with Crippen LogP contribution in [0.1, 0.15) is 17.3 Å². The Balaban J connectivity index is 1.83. The lowest BCUT2D eigenvalue weighted by molar-refractivity contribution is 0.0923. The molecule has 0 radical (unpaired) electrons. The van der Waals surface area contributed by atoms with Crippen molar-refractivity contribution in [3.05, 3.63) is 48.3 Å². The Kier molecular flexibility index (Phi) is 5.12. The van der Waals surface area contributed by atoms with Crippen LogP contribution in [0.3, 0.4) is 0 Å². The van der Waals surface area contributed by atoms with Gasteiger partial charge in [-0.3, -0.25) is 9.78 Å². The number of benzene rings is 1. The Morgan fingerprint density at radius 1 is 1.19 bits per heavy atom. The maximum Gasteiger partial charge on any atom is 0.246 e. The van der Waals surface area contributed by atoms with Crippen LogP contribution in [-0.2, 0) is 6.54 Å². The minimum Gasteiger partial charge on any atom is -0.493 e. The first-order chi connectivity index (χ1) is 12.6. The number of hydrogen-bond acceptors (Lipinski definition) is 7. The molecule has 0 atom stereocenters. The normalized spacial score (nSPS) is 10.4. The Hall–Kier alpha value is -3.42. The van der Waals surface area contributed by atoms with E-state index in [0.29, 0.717) is 29.8 Å². The number of carbonyl (C=O) groups is 1. The van der Waals surface area contributed by atoms with Crippen molar-refractivity contribution < 1.29 is 14.3 Å². The fourth-order valence-corrected chi connectivity index (χ4v) is 2.44. The summed E-state index contributed by atoms with van der Waals surface area (Å²) in [6, 6.07) is 9.23. The SMILES string of the molecule is COc1ccc(CNc2nc(-c3cccnc3)nn2C(C)=O)cc1OC. The molecule has 0 saturated heterocycles. The van der Waals surface area contributed by atoms with E-state index in [9.17, 15) is 4.79 Å². The van der Waals surface area contributed by atoms with Crippen LogP contribution in [-0.4, -0.2) is 39.9 Å². The van der Waals surface area contributed by atoms with Gasteiger partial charge in [0.2, 0.25) is 11.9 Å². The van der Waals surface area contributed by atoms with Crippen LogP contribution in [0.5, 0.6) is 11.5 Å². The van der Waals surface area contributed by atoms with Crippen molar-refractivity contribution in [1.29, 1.82) is 0 Å². The number of nitrogens with zero attached hydrogens (tertiary/aromatic N) is 4. The molecule has 0 spiro atoms. The largest absolute Gasteiger partial charge is 0.493 e. The quantitative estimate of drug-likeness (QED) is 0.728. The number of carbonyl (C=O) groups excluding carboxylic acids is 1. The van der Waals surface area contributed by atoms with Crippen LogP contribution in [0.25, 0.3) is 11.4 Å². The molecular weight excluding hydrogens is 334 g/mol. The van der Waals surface area contributed by atoms with Crippen molar-refractivity contribution in [3.8, 4) is 22.9 Å². The standard InChI is InChI=1S/C18H19N5O3/c1-12(24)23-18(21-17(22-23)14-5-4-8-19-11-14)20-10-13-6-7-15(25-2)16(9-13)26-3/h4-9,11H,10H2,1-3H3,(H,20,21,22). The van der Waals surface area contributed by atoms with E-state index in [1.165, 1.54) is 11.6 Å². The maximum absolute atomic E-state index is 11.9. The molecule has 3 aromatic rings. The van der Waals surface area contributed by atoms with E-state index in [1.54, 1.807) is 32.7 Å². The van der Waals surface area contributed by atoms with E-state index in [2.05, 4.69) is 20.4 Å². The average Bonchev–Trinajstić information content (AvgIpc) is 3.11. The van der Waals surface area contributed by atoms with E-state index in [-0.39, 0.29) is 5.91 Å². The lowest BCUT2D eigenvalue weighted by Gasteiger charge is -2.10. The Morgan fingerprint density at radius 2 is 2.00 bits per heavy atom.